The first kappa shape index (κ1) is 6.58. The molecule has 3 nitrogen and oxygen atoms in total. The molecule has 2 aliphatic rings. The Morgan fingerprint density at radius 1 is 1.40 bits per heavy atom. The molecule has 2 saturated heterocycles. The minimum Gasteiger partial charge on any atom is -0.360 e. The molecule has 0 radical (unpaired) electrons. The number of hydrogen-bond donors (Lipinski definition) is 1. The third kappa shape index (κ3) is 1.17. The van der Waals surface area contributed by atoms with Gasteiger partial charge in [0.2, 0.25) is 0 Å². The van der Waals surface area contributed by atoms with E-state index in [4.69, 9.17) is 4.74 Å². The number of morpholine rings is 1. The van der Waals surface area contributed by atoms with E-state index in [0.717, 1.165) is 19.7 Å². The van der Waals surface area contributed by atoms with Gasteiger partial charge in [0.05, 0.1) is 6.61 Å². The maximum atomic E-state index is 5.55. The smallest absolute Gasteiger partial charge is 0.123 e. The highest BCUT2D eigenvalue weighted by molar-refractivity contribution is 4.75. The van der Waals surface area contributed by atoms with Gasteiger partial charge in [-0.1, -0.05) is 0 Å². The maximum absolute atomic E-state index is 5.55. The van der Waals surface area contributed by atoms with Crippen LogP contribution >= 0.6 is 0 Å². The average Bonchev–Trinajstić information content (AvgIpc) is 1.86. The number of nitrogens with one attached hydrogen (secondary N) is 1. The number of hydrogen-bond acceptors (Lipinski definition) is 3. The highest BCUT2D eigenvalue weighted by Crippen LogP contribution is 2.12. The molecule has 2 heterocycles. The molecule has 3 heteroatoms. The van der Waals surface area contributed by atoms with Crippen molar-refractivity contribution in [3.63, 3.8) is 0 Å². The molecular formula is C7H14N2O. The third-order valence-corrected chi connectivity index (χ3v) is 2.21. The fourth-order valence-corrected chi connectivity index (χ4v) is 1.41. The van der Waals surface area contributed by atoms with Gasteiger partial charge in [0.15, 0.2) is 0 Å². The Bertz CT molecular complexity index is 108. The van der Waals surface area contributed by atoms with Crippen molar-refractivity contribution in [3.05, 3.63) is 0 Å². The van der Waals surface area contributed by atoms with E-state index in [0.29, 0.717) is 6.23 Å². The van der Waals surface area contributed by atoms with E-state index in [1.807, 2.05) is 0 Å². The van der Waals surface area contributed by atoms with Crippen molar-refractivity contribution in [3.8, 4) is 0 Å². The fraction of sp³-hybridized carbons (Fsp3) is 1.00. The van der Waals surface area contributed by atoms with E-state index in [9.17, 15) is 0 Å². The van der Waals surface area contributed by atoms with E-state index in [1.165, 1.54) is 19.5 Å². The molecule has 0 spiro atoms. The summed E-state index contributed by atoms with van der Waals surface area (Å²) in [6, 6.07) is 0. The highest BCUT2D eigenvalue weighted by Gasteiger charge is 2.25. The Balaban J connectivity index is 1.78. The van der Waals surface area contributed by atoms with E-state index >= 15 is 0 Å². The van der Waals surface area contributed by atoms with Crippen LogP contribution in [-0.2, 0) is 4.74 Å². The van der Waals surface area contributed by atoms with Crippen molar-refractivity contribution in [1.29, 1.82) is 0 Å². The molecule has 2 fully saturated rings. The van der Waals surface area contributed by atoms with Gasteiger partial charge in [0, 0.05) is 26.2 Å². The van der Waals surface area contributed by atoms with E-state index in [1.54, 1.807) is 0 Å². The number of likely N-dealkylation sites (tertiary alicyclic amines) is 1. The van der Waals surface area contributed by atoms with Gasteiger partial charge in [-0.3, -0.25) is 4.90 Å². The summed E-state index contributed by atoms with van der Waals surface area (Å²) in [4.78, 5) is 2.38. The lowest BCUT2D eigenvalue weighted by molar-refractivity contribution is -0.0989. The van der Waals surface area contributed by atoms with Crippen LogP contribution in [0.25, 0.3) is 0 Å². The van der Waals surface area contributed by atoms with Crippen LogP contribution in [0.1, 0.15) is 6.42 Å². The second-order valence-corrected chi connectivity index (χ2v) is 2.92. The SMILES string of the molecule is C1CN(C2CNCCO2)C1. The summed E-state index contributed by atoms with van der Waals surface area (Å²) in [5.74, 6) is 0. The van der Waals surface area contributed by atoms with Crippen molar-refractivity contribution >= 4 is 0 Å². The Labute approximate surface area is 61.3 Å². The lowest BCUT2D eigenvalue weighted by Gasteiger charge is -2.39. The van der Waals surface area contributed by atoms with Crippen molar-refractivity contribution in [1.82, 2.24) is 10.2 Å². The molecule has 0 aromatic carbocycles. The monoisotopic (exact) mass is 142 g/mol. The van der Waals surface area contributed by atoms with Gasteiger partial charge in [-0.05, 0) is 6.42 Å². The number of ether oxygens (including phenoxy) is 1. The normalized spacial score (nSPS) is 35.4. The van der Waals surface area contributed by atoms with Crippen LogP contribution < -0.4 is 5.32 Å². The standard InChI is InChI=1S/C7H14N2O/c1-3-9(4-1)7-6-8-2-5-10-7/h7-8H,1-6H2. The molecule has 58 valence electrons. The fourth-order valence-electron chi connectivity index (χ4n) is 1.41. The molecule has 10 heavy (non-hydrogen) atoms. The molecule has 0 saturated carbocycles. The van der Waals surface area contributed by atoms with Gasteiger partial charge >= 0.3 is 0 Å². The van der Waals surface area contributed by atoms with Crippen LogP contribution in [0.3, 0.4) is 0 Å². The van der Waals surface area contributed by atoms with E-state index in [-0.39, 0.29) is 0 Å². The predicted octanol–water partition coefficient (Wildman–Crippen LogP) is -0.362. The molecule has 1 N–H and O–H groups in total. The predicted molar refractivity (Wildman–Crippen MR) is 38.8 cm³/mol. The summed E-state index contributed by atoms with van der Waals surface area (Å²) in [5, 5.41) is 3.32. The maximum Gasteiger partial charge on any atom is 0.123 e. The highest BCUT2D eigenvalue weighted by atomic mass is 16.5. The molecule has 0 aromatic rings. The van der Waals surface area contributed by atoms with Crippen LogP contribution in [0.2, 0.25) is 0 Å². The lowest BCUT2D eigenvalue weighted by atomic mass is 10.2. The summed E-state index contributed by atoms with van der Waals surface area (Å²) in [6.07, 6.45) is 1.72. The number of rotatable bonds is 1. The first-order chi connectivity index (χ1) is 4.97. The van der Waals surface area contributed by atoms with Gasteiger partial charge in [-0.15, -0.1) is 0 Å². The molecule has 0 amide bonds. The molecule has 2 aliphatic heterocycles. The second kappa shape index (κ2) is 2.86. The van der Waals surface area contributed by atoms with Crippen LogP contribution in [0.4, 0.5) is 0 Å². The summed E-state index contributed by atoms with van der Waals surface area (Å²) in [5.41, 5.74) is 0. The molecule has 1 unspecified atom stereocenters. The lowest BCUT2D eigenvalue weighted by Crippen LogP contribution is -2.54. The van der Waals surface area contributed by atoms with E-state index in [2.05, 4.69) is 10.2 Å². The number of nitrogens with zero attached hydrogens (tertiary/aromatic N) is 1. The van der Waals surface area contributed by atoms with Gasteiger partial charge < -0.3 is 10.1 Å². The minimum absolute atomic E-state index is 0.377. The van der Waals surface area contributed by atoms with Crippen LogP contribution in [0.5, 0.6) is 0 Å². The van der Waals surface area contributed by atoms with Crippen molar-refractivity contribution < 1.29 is 4.74 Å². The van der Waals surface area contributed by atoms with Crippen molar-refractivity contribution in [2.24, 2.45) is 0 Å². The molecule has 0 bridgehead atoms. The summed E-state index contributed by atoms with van der Waals surface area (Å²) in [6.45, 7) is 5.37. The summed E-state index contributed by atoms with van der Waals surface area (Å²) in [7, 11) is 0. The van der Waals surface area contributed by atoms with Gasteiger partial charge in [0.25, 0.3) is 0 Å². The zero-order valence-corrected chi connectivity index (χ0v) is 6.18. The third-order valence-electron chi connectivity index (χ3n) is 2.21. The zero-order valence-electron chi connectivity index (χ0n) is 6.18. The Hall–Kier alpha value is -0.120. The van der Waals surface area contributed by atoms with Crippen LogP contribution in [0.15, 0.2) is 0 Å². The Kier molecular flexibility index (Phi) is 1.88. The molecular weight excluding hydrogens is 128 g/mol. The molecule has 0 aliphatic carbocycles. The molecule has 0 aromatic heterocycles. The first-order valence-electron chi connectivity index (χ1n) is 4.03. The van der Waals surface area contributed by atoms with E-state index < -0.39 is 0 Å². The molecule has 2 rings (SSSR count). The van der Waals surface area contributed by atoms with Gasteiger partial charge in [-0.2, -0.15) is 0 Å². The molecule has 1 atom stereocenters. The van der Waals surface area contributed by atoms with Gasteiger partial charge in [0.1, 0.15) is 6.23 Å². The van der Waals surface area contributed by atoms with Crippen LogP contribution in [-0.4, -0.2) is 43.9 Å². The second-order valence-electron chi connectivity index (χ2n) is 2.92. The summed E-state index contributed by atoms with van der Waals surface area (Å²) < 4.78 is 5.55. The first-order valence-corrected chi connectivity index (χ1v) is 4.03. The quantitative estimate of drug-likeness (QED) is 0.541. The zero-order chi connectivity index (χ0) is 6.81. The van der Waals surface area contributed by atoms with Crippen molar-refractivity contribution in [2.75, 3.05) is 32.8 Å². The Morgan fingerprint density at radius 3 is 2.80 bits per heavy atom. The van der Waals surface area contributed by atoms with Crippen molar-refractivity contribution in [2.45, 2.75) is 12.6 Å². The largest absolute Gasteiger partial charge is 0.360 e. The Morgan fingerprint density at radius 2 is 2.30 bits per heavy atom. The minimum atomic E-state index is 0.377. The van der Waals surface area contributed by atoms with Crippen LogP contribution in [0, 0.1) is 0 Å². The van der Waals surface area contributed by atoms with Gasteiger partial charge in [-0.25, -0.2) is 0 Å². The summed E-state index contributed by atoms with van der Waals surface area (Å²) >= 11 is 0. The topological polar surface area (TPSA) is 24.5 Å². The average molecular weight is 142 g/mol.